The topological polar surface area (TPSA) is 87.1 Å². The van der Waals surface area contributed by atoms with Crippen LogP contribution in [-0.2, 0) is 0 Å². The molecular formula is C21H25F5N4O2S. The number of hydrogen-bond acceptors (Lipinski definition) is 6. The van der Waals surface area contributed by atoms with Crippen molar-refractivity contribution in [3.63, 3.8) is 0 Å². The smallest absolute Gasteiger partial charge is 0.389 e. The fourth-order valence-electron chi connectivity index (χ4n) is 3.48. The number of nitrogens with zero attached hydrogens (tertiary/aromatic N) is 2. The third-order valence-electron chi connectivity index (χ3n) is 5.61. The van der Waals surface area contributed by atoms with Crippen LogP contribution in [0.2, 0.25) is 0 Å². The van der Waals surface area contributed by atoms with Crippen LogP contribution >= 0.6 is 11.3 Å². The first-order chi connectivity index (χ1) is 15.2. The van der Waals surface area contributed by atoms with Gasteiger partial charge in [0.1, 0.15) is 5.82 Å². The van der Waals surface area contributed by atoms with Gasteiger partial charge in [-0.2, -0.15) is 13.2 Å². The van der Waals surface area contributed by atoms with Crippen LogP contribution in [0.1, 0.15) is 60.6 Å². The average molecular weight is 493 g/mol. The summed E-state index contributed by atoms with van der Waals surface area (Å²) in [5.74, 6) is -0.630. The van der Waals surface area contributed by atoms with Gasteiger partial charge in [0.15, 0.2) is 5.01 Å². The van der Waals surface area contributed by atoms with Gasteiger partial charge in [-0.1, -0.05) is 6.42 Å². The molecule has 0 unspecified atom stereocenters. The van der Waals surface area contributed by atoms with E-state index in [2.05, 4.69) is 20.6 Å². The summed E-state index contributed by atoms with van der Waals surface area (Å²) in [7, 11) is 0. The lowest BCUT2D eigenvalue weighted by atomic mass is 9.68. The fraction of sp³-hybridized carbons (Fsp3) is 0.571. The number of carbonyl (C=O) groups excluding carboxylic acids is 1. The lowest BCUT2D eigenvalue weighted by Crippen LogP contribution is -2.48. The van der Waals surface area contributed by atoms with E-state index in [1.807, 2.05) is 0 Å². The second kappa shape index (κ2) is 9.13. The van der Waals surface area contributed by atoms with E-state index in [9.17, 15) is 31.9 Å². The van der Waals surface area contributed by atoms with Crippen molar-refractivity contribution in [2.45, 2.75) is 58.2 Å². The number of aliphatic hydroxyl groups is 1. The second-order valence-electron chi connectivity index (χ2n) is 8.87. The summed E-state index contributed by atoms with van der Waals surface area (Å²) in [5.41, 5.74) is -3.02. The first kappa shape index (κ1) is 25.3. The number of carbonyl (C=O) groups is 1. The van der Waals surface area contributed by atoms with Crippen LogP contribution in [0.3, 0.4) is 0 Å². The van der Waals surface area contributed by atoms with Crippen LogP contribution in [0.4, 0.5) is 27.8 Å². The molecule has 2 aromatic rings. The van der Waals surface area contributed by atoms with Crippen molar-refractivity contribution in [3.05, 3.63) is 28.5 Å². The molecule has 1 aliphatic carbocycles. The van der Waals surface area contributed by atoms with Crippen molar-refractivity contribution in [2.75, 3.05) is 18.4 Å². The van der Waals surface area contributed by atoms with Gasteiger partial charge in [0, 0.05) is 30.4 Å². The number of anilines is 1. The summed E-state index contributed by atoms with van der Waals surface area (Å²) in [5, 5.41) is 14.9. The van der Waals surface area contributed by atoms with Crippen molar-refractivity contribution in [2.24, 2.45) is 5.41 Å². The number of pyridine rings is 1. The zero-order chi connectivity index (χ0) is 24.6. The zero-order valence-corrected chi connectivity index (χ0v) is 19.1. The van der Waals surface area contributed by atoms with Gasteiger partial charge in [0.25, 0.3) is 12.3 Å². The standard InChI is InChI=1S/C21H25F5N4O2S/c1-11-15(33-18(30-11)17(31)29-9-19(2,3)32)13-8-27-14(7-12(13)16(22)23)28-10-20(5-4-6-20)21(24,25)26/h7-8,16,32H,4-6,9-10H2,1-3H3,(H,27,28)(H,29,31). The Morgan fingerprint density at radius 3 is 2.48 bits per heavy atom. The molecule has 0 atom stereocenters. The molecule has 0 radical (unpaired) electrons. The van der Waals surface area contributed by atoms with Crippen LogP contribution in [0.25, 0.3) is 10.4 Å². The van der Waals surface area contributed by atoms with E-state index in [1.165, 1.54) is 13.8 Å². The highest BCUT2D eigenvalue weighted by atomic mass is 32.1. The Bertz CT molecular complexity index is 1010. The molecule has 0 spiro atoms. The predicted octanol–water partition coefficient (Wildman–Crippen LogP) is 5.10. The van der Waals surface area contributed by atoms with Crippen molar-refractivity contribution >= 4 is 23.1 Å². The molecule has 3 N–H and O–H groups in total. The number of rotatable bonds is 8. The van der Waals surface area contributed by atoms with Crippen molar-refractivity contribution in [3.8, 4) is 10.4 Å². The van der Waals surface area contributed by atoms with Crippen molar-refractivity contribution in [1.29, 1.82) is 0 Å². The number of alkyl halides is 5. The van der Waals surface area contributed by atoms with Gasteiger partial charge >= 0.3 is 6.18 Å². The average Bonchev–Trinajstić information content (AvgIpc) is 3.05. The molecule has 1 aliphatic rings. The SMILES string of the molecule is Cc1nc(C(=O)NCC(C)(C)O)sc1-c1cnc(NCC2(C(F)(F)F)CCC2)cc1C(F)F. The van der Waals surface area contributed by atoms with Crippen LogP contribution < -0.4 is 10.6 Å². The molecule has 2 aromatic heterocycles. The first-order valence-corrected chi connectivity index (χ1v) is 11.1. The number of aryl methyl sites for hydroxylation is 1. The molecule has 0 aromatic carbocycles. The Kier molecular flexibility index (Phi) is 6.99. The molecule has 0 bridgehead atoms. The normalized spacial score (nSPS) is 15.9. The minimum Gasteiger partial charge on any atom is -0.389 e. The van der Waals surface area contributed by atoms with Gasteiger partial charge in [0.05, 0.1) is 21.6 Å². The third-order valence-corrected chi connectivity index (χ3v) is 6.80. The lowest BCUT2D eigenvalue weighted by Gasteiger charge is -2.43. The Hall–Kier alpha value is -2.34. The molecule has 3 rings (SSSR count). The van der Waals surface area contributed by atoms with E-state index in [0.29, 0.717) is 17.0 Å². The molecule has 0 aliphatic heterocycles. The minimum atomic E-state index is -4.38. The molecule has 12 heteroatoms. The van der Waals surface area contributed by atoms with Gasteiger partial charge in [-0.3, -0.25) is 4.79 Å². The summed E-state index contributed by atoms with van der Waals surface area (Å²) in [6.45, 7) is 4.14. The Morgan fingerprint density at radius 2 is 1.97 bits per heavy atom. The van der Waals surface area contributed by atoms with E-state index in [-0.39, 0.29) is 35.8 Å². The van der Waals surface area contributed by atoms with E-state index in [0.717, 1.165) is 23.6 Å². The highest BCUT2D eigenvalue weighted by molar-refractivity contribution is 7.17. The number of hydrogen-bond donors (Lipinski definition) is 3. The molecule has 33 heavy (non-hydrogen) atoms. The van der Waals surface area contributed by atoms with Crippen molar-refractivity contribution < 1.29 is 31.9 Å². The maximum atomic E-state index is 13.8. The number of aromatic nitrogens is 2. The molecule has 1 amide bonds. The quantitative estimate of drug-likeness (QED) is 0.447. The Morgan fingerprint density at radius 1 is 1.30 bits per heavy atom. The summed E-state index contributed by atoms with van der Waals surface area (Å²) in [4.78, 5) is 20.8. The molecule has 6 nitrogen and oxygen atoms in total. The minimum absolute atomic E-state index is 0.0122. The van der Waals surface area contributed by atoms with Crippen LogP contribution in [0.15, 0.2) is 12.3 Å². The number of nitrogens with one attached hydrogen (secondary N) is 2. The number of thiazole rings is 1. The number of halogens is 5. The van der Waals surface area contributed by atoms with E-state index < -0.39 is 41.6 Å². The van der Waals surface area contributed by atoms with Gasteiger partial charge in [0.2, 0.25) is 0 Å². The molecular weight excluding hydrogens is 467 g/mol. The predicted molar refractivity (Wildman–Crippen MR) is 114 cm³/mol. The number of amides is 1. The largest absolute Gasteiger partial charge is 0.396 e. The van der Waals surface area contributed by atoms with E-state index in [4.69, 9.17) is 0 Å². The van der Waals surface area contributed by atoms with E-state index in [1.54, 1.807) is 6.92 Å². The highest BCUT2D eigenvalue weighted by Crippen LogP contribution is 2.53. The van der Waals surface area contributed by atoms with E-state index >= 15 is 0 Å². The molecule has 182 valence electrons. The molecule has 1 saturated carbocycles. The Labute approximate surface area is 191 Å². The summed E-state index contributed by atoms with van der Waals surface area (Å²) < 4.78 is 67.7. The van der Waals surface area contributed by atoms with Crippen LogP contribution in [0, 0.1) is 12.3 Å². The van der Waals surface area contributed by atoms with Gasteiger partial charge in [-0.15, -0.1) is 11.3 Å². The molecule has 2 heterocycles. The summed E-state index contributed by atoms with van der Waals surface area (Å²) >= 11 is 0.895. The summed E-state index contributed by atoms with van der Waals surface area (Å²) in [6, 6.07) is 1.04. The lowest BCUT2D eigenvalue weighted by molar-refractivity contribution is -0.244. The monoisotopic (exact) mass is 492 g/mol. The molecule has 1 fully saturated rings. The van der Waals surface area contributed by atoms with Gasteiger partial charge < -0.3 is 15.7 Å². The van der Waals surface area contributed by atoms with Crippen molar-refractivity contribution in [1.82, 2.24) is 15.3 Å². The second-order valence-corrected chi connectivity index (χ2v) is 9.87. The maximum Gasteiger partial charge on any atom is 0.396 e. The summed E-state index contributed by atoms with van der Waals surface area (Å²) in [6.07, 6.45) is -5.71. The fourth-order valence-corrected chi connectivity index (χ4v) is 4.49. The zero-order valence-electron chi connectivity index (χ0n) is 18.3. The first-order valence-electron chi connectivity index (χ1n) is 10.3. The van der Waals surface area contributed by atoms with Gasteiger partial charge in [-0.25, -0.2) is 18.7 Å². The Balaban J connectivity index is 1.83. The van der Waals surface area contributed by atoms with Crippen LogP contribution in [0.5, 0.6) is 0 Å². The maximum absolute atomic E-state index is 13.8. The third kappa shape index (κ3) is 5.60. The van der Waals surface area contributed by atoms with Crippen LogP contribution in [-0.4, -0.2) is 45.8 Å². The molecule has 0 saturated heterocycles. The highest BCUT2D eigenvalue weighted by Gasteiger charge is 2.57. The van der Waals surface area contributed by atoms with Gasteiger partial charge in [-0.05, 0) is 39.7 Å².